The fraction of sp³-hybridized carbons (Fsp3) is 0.100. The van der Waals surface area contributed by atoms with Crippen molar-refractivity contribution in [3.8, 4) is 0 Å². The van der Waals surface area contributed by atoms with Gasteiger partial charge in [0.2, 0.25) is 0 Å². The Hall–Kier alpha value is -3.54. The van der Waals surface area contributed by atoms with Gasteiger partial charge in [0.25, 0.3) is 0 Å². The molecule has 1 unspecified atom stereocenters. The fourth-order valence-corrected chi connectivity index (χ4v) is 3.34. The average molecular weight is 344 g/mol. The maximum Gasteiger partial charge on any atom is 0.336 e. The van der Waals surface area contributed by atoms with Gasteiger partial charge < -0.3 is 10.1 Å². The van der Waals surface area contributed by atoms with Crippen molar-refractivity contribution in [1.29, 1.82) is 0 Å². The summed E-state index contributed by atoms with van der Waals surface area (Å²) in [6.45, 7) is 1.94. The van der Waals surface area contributed by atoms with E-state index in [1.54, 1.807) is 18.7 Å². The van der Waals surface area contributed by atoms with Crippen molar-refractivity contribution < 1.29 is 9.90 Å². The number of aromatic carboxylic acids is 1. The molecule has 0 aliphatic rings. The summed E-state index contributed by atoms with van der Waals surface area (Å²) in [6, 6.07) is 9.36. The molecule has 4 rings (SSSR count). The standard InChI is InChI=1S/C20H16N4O2/c1-12-7-14(8-16-15(20(25)26)4-6-23-19(12)16)18(17-10-22-11-24-17)13-3-2-5-21-9-13/h2-11,18H,1H3,(H,22,24)(H,25,26). The van der Waals surface area contributed by atoms with Crippen molar-refractivity contribution in [3.63, 3.8) is 0 Å². The van der Waals surface area contributed by atoms with Crippen molar-refractivity contribution >= 4 is 16.9 Å². The molecule has 1 atom stereocenters. The number of aryl methyl sites for hydroxylation is 1. The third-order valence-corrected chi connectivity index (χ3v) is 4.47. The van der Waals surface area contributed by atoms with Crippen LogP contribution in [0.15, 0.2) is 61.4 Å². The lowest BCUT2D eigenvalue weighted by molar-refractivity contribution is 0.0699. The van der Waals surface area contributed by atoms with Gasteiger partial charge >= 0.3 is 5.97 Å². The van der Waals surface area contributed by atoms with Crippen LogP contribution in [0.5, 0.6) is 0 Å². The molecule has 0 aliphatic carbocycles. The quantitative estimate of drug-likeness (QED) is 0.591. The molecular weight excluding hydrogens is 328 g/mol. The lowest BCUT2D eigenvalue weighted by Crippen LogP contribution is -2.06. The van der Waals surface area contributed by atoms with E-state index in [2.05, 4.69) is 19.9 Å². The minimum absolute atomic E-state index is 0.129. The van der Waals surface area contributed by atoms with Gasteiger partial charge in [-0.05, 0) is 41.8 Å². The van der Waals surface area contributed by atoms with E-state index in [1.165, 1.54) is 12.3 Å². The highest BCUT2D eigenvalue weighted by atomic mass is 16.4. The van der Waals surface area contributed by atoms with Gasteiger partial charge in [0.1, 0.15) is 0 Å². The van der Waals surface area contributed by atoms with Gasteiger partial charge in [-0.25, -0.2) is 9.78 Å². The van der Waals surface area contributed by atoms with Gasteiger partial charge in [-0.2, -0.15) is 0 Å². The number of rotatable bonds is 4. The molecule has 0 aliphatic heterocycles. The van der Waals surface area contributed by atoms with Crippen molar-refractivity contribution in [2.45, 2.75) is 12.8 Å². The zero-order chi connectivity index (χ0) is 18.1. The molecule has 0 saturated heterocycles. The first-order chi connectivity index (χ1) is 12.6. The predicted molar refractivity (Wildman–Crippen MR) is 97.2 cm³/mol. The van der Waals surface area contributed by atoms with Crippen LogP contribution >= 0.6 is 0 Å². The topological polar surface area (TPSA) is 91.8 Å². The smallest absolute Gasteiger partial charge is 0.336 e. The molecule has 0 bridgehead atoms. The van der Waals surface area contributed by atoms with E-state index >= 15 is 0 Å². The Bertz CT molecular complexity index is 1080. The summed E-state index contributed by atoms with van der Waals surface area (Å²) in [5.74, 6) is -1.09. The molecule has 0 radical (unpaired) electrons. The van der Waals surface area contributed by atoms with Crippen molar-refractivity contribution in [1.82, 2.24) is 19.9 Å². The van der Waals surface area contributed by atoms with Crippen LogP contribution in [-0.2, 0) is 0 Å². The molecule has 2 N–H and O–H groups in total. The lowest BCUT2D eigenvalue weighted by Gasteiger charge is -2.18. The van der Waals surface area contributed by atoms with Crippen LogP contribution in [0.2, 0.25) is 0 Å². The van der Waals surface area contributed by atoms with E-state index in [0.717, 1.165) is 22.4 Å². The number of nitrogens with zero attached hydrogens (tertiary/aromatic N) is 3. The van der Waals surface area contributed by atoms with Crippen LogP contribution in [-0.4, -0.2) is 31.0 Å². The van der Waals surface area contributed by atoms with Gasteiger partial charge in [0.05, 0.1) is 23.3 Å². The molecule has 128 valence electrons. The number of hydrogen-bond acceptors (Lipinski definition) is 4. The van der Waals surface area contributed by atoms with E-state index in [0.29, 0.717) is 10.9 Å². The van der Waals surface area contributed by atoms with Gasteiger partial charge in [0, 0.05) is 35.9 Å². The molecule has 1 aromatic carbocycles. The molecule has 0 fully saturated rings. The molecule has 6 nitrogen and oxygen atoms in total. The third kappa shape index (κ3) is 2.71. The van der Waals surface area contributed by atoms with Gasteiger partial charge in [-0.3, -0.25) is 9.97 Å². The number of benzene rings is 1. The van der Waals surface area contributed by atoms with Gasteiger partial charge in [-0.15, -0.1) is 0 Å². The average Bonchev–Trinajstić information content (AvgIpc) is 3.16. The van der Waals surface area contributed by atoms with Gasteiger partial charge in [0.15, 0.2) is 0 Å². The zero-order valence-corrected chi connectivity index (χ0v) is 14.0. The zero-order valence-electron chi connectivity index (χ0n) is 14.0. The molecular formula is C20H16N4O2. The van der Waals surface area contributed by atoms with Crippen molar-refractivity contribution in [2.24, 2.45) is 0 Å². The highest BCUT2D eigenvalue weighted by molar-refractivity contribution is 6.03. The monoisotopic (exact) mass is 344 g/mol. The number of carbonyl (C=O) groups is 1. The van der Waals surface area contributed by atoms with Crippen LogP contribution < -0.4 is 0 Å². The Morgan fingerprint density at radius 3 is 2.69 bits per heavy atom. The van der Waals surface area contributed by atoms with E-state index in [-0.39, 0.29) is 11.5 Å². The molecule has 26 heavy (non-hydrogen) atoms. The van der Waals surface area contributed by atoms with Gasteiger partial charge in [-0.1, -0.05) is 12.1 Å². The maximum atomic E-state index is 11.7. The largest absolute Gasteiger partial charge is 0.478 e. The number of H-pyrrole nitrogens is 1. The van der Waals surface area contributed by atoms with E-state index in [9.17, 15) is 9.90 Å². The molecule has 3 heterocycles. The number of aromatic nitrogens is 4. The summed E-state index contributed by atoms with van der Waals surface area (Å²) in [4.78, 5) is 27.6. The molecule has 4 aromatic rings. The first-order valence-corrected chi connectivity index (χ1v) is 8.16. The summed E-state index contributed by atoms with van der Waals surface area (Å²) < 4.78 is 0. The third-order valence-electron chi connectivity index (χ3n) is 4.47. The predicted octanol–water partition coefficient (Wildman–Crippen LogP) is 3.54. The summed E-state index contributed by atoms with van der Waals surface area (Å²) in [7, 11) is 0. The highest BCUT2D eigenvalue weighted by Gasteiger charge is 2.21. The van der Waals surface area contributed by atoms with E-state index in [1.807, 2.05) is 37.4 Å². The molecule has 0 spiro atoms. The van der Waals surface area contributed by atoms with Crippen LogP contribution in [0.1, 0.15) is 38.7 Å². The molecule has 6 heteroatoms. The number of nitrogens with one attached hydrogen (secondary N) is 1. The Morgan fingerprint density at radius 2 is 2.00 bits per heavy atom. The number of fused-ring (bicyclic) bond motifs is 1. The second-order valence-electron chi connectivity index (χ2n) is 6.12. The Balaban J connectivity index is 1.99. The molecule has 0 amide bonds. The summed E-state index contributed by atoms with van der Waals surface area (Å²) in [5.41, 5.74) is 4.74. The van der Waals surface area contributed by atoms with E-state index in [4.69, 9.17) is 0 Å². The number of pyridine rings is 2. The van der Waals surface area contributed by atoms with Crippen LogP contribution in [0, 0.1) is 6.92 Å². The molecule has 0 saturated carbocycles. The summed E-state index contributed by atoms with van der Waals surface area (Å²) in [5, 5.41) is 10.2. The Morgan fingerprint density at radius 1 is 1.12 bits per heavy atom. The van der Waals surface area contributed by atoms with Crippen molar-refractivity contribution in [3.05, 3.63) is 89.4 Å². The highest BCUT2D eigenvalue weighted by Crippen LogP contribution is 2.33. The second kappa shape index (κ2) is 6.40. The number of aromatic amines is 1. The number of hydrogen-bond donors (Lipinski definition) is 2. The van der Waals surface area contributed by atoms with Crippen LogP contribution in [0.25, 0.3) is 10.9 Å². The number of carboxylic acid groups (broad SMARTS) is 1. The molecule has 3 aromatic heterocycles. The fourth-order valence-electron chi connectivity index (χ4n) is 3.34. The SMILES string of the molecule is Cc1cc(C(c2cccnc2)c2cnc[nH]2)cc2c(C(=O)O)ccnc12. The first-order valence-electron chi connectivity index (χ1n) is 8.16. The van der Waals surface area contributed by atoms with Crippen LogP contribution in [0.3, 0.4) is 0 Å². The Labute approximate surface area is 149 Å². The maximum absolute atomic E-state index is 11.7. The summed E-state index contributed by atoms with van der Waals surface area (Å²) >= 11 is 0. The number of carboxylic acids is 1. The summed E-state index contributed by atoms with van der Waals surface area (Å²) in [6.07, 6.45) is 8.49. The minimum atomic E-state index is -0.964. The minimum Gasteiger partial charge on any atom is -0.478 e. The van der Waals surface area contributed by atoms with E-state index < -0.39 is 5.97 Å². The second-order valence-corrected chi connectivity index (χ2v) is 6.12. The normalized spacial score (nSPS) is 12.2. The van der Waals surface area contributed by atoms with Crippen molar-refractivity contribution in [2.75, 3.05) is 0 Å². The Kier molecular flexibility index (Phi) is 3.93. The number of imidazole rings is 1. The lowest BCUT2D eigenvalue weighted by atomic mass is 9.87. The van der Waals surface area contributed by atoms with Crippen LogP contribution in [0.4, 0.5) is 0 Å². The first kappa shape index (κ1) is 16.0.